The summed E-state index contributed by atoms with van der Waals surface area (Å²) in [6, 6.07) is 1.11. The zero-order chi connectivity index (χ0) is 14.6. The maximum atomic E-state index is 11.6. The predicted octanol–water partition coefficient (Wildman–Crippen LogP) is 2.27. The summed E-state index contributed by atoms with van der Waals surface area (Å²) in [6.45, 7) is 7.56. The van der Waals surface area contributed by atoms with Gasteiger partial charge in [0.25, 0.3) is 0 Å². The van der Waals surface area contributed by atoms with Crippen LogP contribution in [0.25, 0.3) is 0 Å². The smallest absolute Gasteiger partial charge is 0.339 e. The molecular weight excluding hydrogens is 248 g/mol. The van der Waals surface area contributed by atoms with Crippen LogP contribution in [0.3, 0.4) is 0 Å². The number of aryl methyl sites for hydroxylation is 1. The van der Waals surface area contributed by atoms with Gasteiger partial charge >= 0.3 is 12.0 Å². The summed E-state index contributed by atoms with van der Waals surface area (Å²) in [4.78, 5) is 22.5. The van der Waals surface area contributed by atoms with E-state index in [4.69, 9.17) is 9.52 Å². The minimum atomic E-state index is -1.04. The van der Waals surface area contributed by atoms with E-state index in [0.717, 1.165) is 6.42 Å². The molecule has 0 bridgehead atoms. The van der Waals surface area contributed by atoms with Crippen molar-refractivity contribution in [3.8, 4) is 0 Å². The van der Waals surface area contributed by atoms with Crippen molar-refractivity contribution >= 4 is 12.0 Å². The van der Waals surface area contributed by atoms with Gasteiger partial charge in [-0.3, -0.25) is 0 Å². The van der Waals surface area contributed by atoms with Crippen LogP contribution in [0, 0.1) is 6.92 Å². The van der Waals surface area contributed by atoms with E-state index in [1.54, 1.807) is 6.92 Å². The maximum Gasteiger partial charge on any atom is 0.339 e. The summed E-state index contributed by atoms with van der Waals surface area (Å²) in [6.07, 6.45) is 0.809. The Hall–Kier alpha value is -1.98. The monoisotopic (exact) mass is 268 g/mol. The fourth-order valence-electron chi connectivity index (χ4n) is 1.45. The molecule has 0 fully saturated rings. The Morgan fingerprint density at radius 1 is 1.42 bits per heavy atom. The van der Waals surface area contributed by atoms with Crippen LogP contribution in [0.15, 0.2) is 10.5 Å². The standard InChI is InChI=1S/C13H20N2O4/c1-5-13(3,4)15-12(18)14-7-9-6-10(11(16)17)8(2)19-9/h6H,5,7H2,1-4H3,(H,16,17)(H2,14,15,18). The van der Waals surface area contributed by atoms with Crippen LogP contribution < -0.4 is 10.6 Å². The topological polar surface area (TPSA) is 91.6 Å². The second-order valence-electron chi connectivity index (χ2n) is 5.03. The lowest BCUT2D eigenvalue weighted by Gasteiger charge is -2.24. The molecule has 0 unspecified atom stereocenters. The van der Waals surface area contributed by atoms with Gasteiger partial charge in [-0.2, -0.15) is 0 Å². The molecule has 1 rings (SSSR count). The van der Waals surface area contributed by atoms with Gasteiger partial charge in [0.15, 0.2) is 0 Å². The highest BCUT2D eigenvalue weighted by molar-refractivity contribution is 5.88. The van der Waals surface area contributed by atoms with Gasteiger partial charge in [0.1, 0.15) is 17.1 Å². The second kappa shape index (κ2) is 5.77. The van der Waals surface area contributed by atoms with Crippen molar-refractivity contribution in [1.82, 2.24) is 10.6 Å². The third kappa shape index (κ3) is 4.31. The highest BCUT2D eigenvalue weighted by Gasteiger charge is 2.18. The Balaban J connectivity index is 2.56. The number of rotatable bonds is 5. The molecule has 1 aromatic heterocycles. The third-order valence-corrected chi connectivity index (χ3v) is 2.96. The molecule has 0 radical (unpaired) electrons. The van der Waals surface area contributed by atoms with Crippen molar-refractivity contribution < 1.29 is 19.1 Å². The Kier molecular flexibility index (Phi) is 4.58. The lowest BCUT2D eigenvalue weighted by molar-refractivity contribution is 0.0695. The van der Waals surface area contributed by atoms with Crippen molar-refractivity contribution in [2.24, 2.45) is 0 Å². The van der Waals surface area contributed by atoms with E-state index >= 15 is 0 Å². The average molecular weight is 268 g/mol. The molecule has 19 heavy (non-hydrogen) atoms. The Morgan fingerprint density at radius 2 is 2.05 bits per heavy atom. The number of aromatic carboxylic acids is 1. The number of carboxylic acid groups (broad SMARTS) is 1. The molecule has 0 saturated carbocycles. The molecule has 0 saturated heterocycles. The van der Waals surface area contributed by atoms with E-state index in [0.29, 0.717) is 11.5 Å². The van der Waals surface area contributed by atoms with Crippen LogP contribution in [0.2, 0.25) is 0 Å². The number of carbonyl (C=O) groups is 2. The van der Waals surface area contributed by atoms with Crippen molar-refractivity contribution in [3.05, 3.63) is 23.2 Å². The molecule has 1 aromatic rings. The number of urea groups is 1. The third-order valence-electron chi connectivity index (χ3n) is 2.96. The van der Waals surface area contributed by atoms with Gasteiger partial charge in [-0.1, -0.05) is 6.92 Å². The minimum absolute atomic E-state index is 0.117. The molecule has 3 N–H and O–H groups in total. The number of hydrogen-bond acceptors (Lipinski definition) is 3. The van der Waals surface area contributed by atoms with Gasteiger partial charge < -0.3 is 20.2 Å². The normalized spacial score (nSPS) is 11.2. The van der Waals surface area contributed by atoms with E-state index in [9.17, 15) is 9.59 Å². The molecular formula is C13H20N2O4. The zero-order valence-electron chi connectivity index (χ0n) is 11.7. The van der Waals surface area contributed by atoms with E-state index in [1.165, 1.54) is 6.07 Å². The minimum Gasteiger partial charge on any atom is -0.478 e. The summed E-state index contributed by atoms with van der Waals surface area (Å²) >= 11 is 0. The first-order valence-corrected chi connectivity index (χ1v) is 6.14. The first-order valence-electron chi connectivity index (χ1n) is 6.14. The van der Waals surface area contributed by atoms with Gasteiger partial charge in [-0.05, 0) is 33.3 Å². The summed E-state index contributed by atoms with van der Waals surface area (Å²) in [5, 5.41) is 14.3. The van der Waals surface area contributed by atoms with Crippen LogP contribution in [-0.2, 0) is 6.54 Å². The highest BCUT2D eigenvalue weighted by Crippen LogP contribution is 2.14. The number of amides is 2. The summed E-state index contributed by atoms with van der Waals surface area (Å²) < 4.78 is 5.26. The van der Waals surface area contributed by atoms with Crippen molar-refractivity contribution in [1.29, 1.82) is 0 Å². The fraction of sp³-hybridized carbons (Fsp3) is 0.538. The second-order valence-corrected chi connectivity index (χ2v) is 5.03. The van der Waals surface area contributed by atoms with E-state index in [1.807, 2.05) is 20.8 Å². The maximum absolute atomic E-state index is 11.6. The summed E-state index contributed by atoms with van der Waals surface area (Å²) in [5.74, 6) is -0.290. The van der Waals surface area contributed by atoms with E-state index < -0.39 is 5.97 Å². The van der Waals surface area contributed by atoms with Crippen molar-refractivity contribution in [3.63, 3.8) is 0 Å². The first kappa shape index (κ1) is 15.1. The average Bonchev–Trinajstić information content (AvgIpc) is 2.67. The lowest BCUT2D eigenvalue weighted by Crippen LogP contribution is -2.47. The van der Waals surface area contributed by atoms with Gasteiger partial charge in [0.05, 0.1) is 6.54 Å². The number of hydrogen-bond donors (Lipinski definition) is 3. The molecule has 0 aromatic carbocycles. The number of nitrogens with one attached hydrogen (secondary N) is 2. The number of carbonyl (C=O) groups excluding carboxylic acids is 1. The van der Waals surface area contributed by atoms with Crippen LogP contribution in [0.5, 0.6) is 0 Å². The molecule has 1 heterocycles. The molecule has 106 valence electrons. The lowest BCUT2D eigenvalue weighted by atomic mass is 10.0. The zero-order valence-corrected chi connectivity index (χ0v) is 11.7. The quantitative estimate of drug-likeness (QED) is 0.764. The number of carboxylic acids is 1. The molecule has 6 nitrogen and oxygen atoms in total. The molecule has 2 amide bonds. The Labute approximate surface area is 112 Å². The van der Waals surface area contributed by atoms with Crippen LogP contribution in [-0.4, -0.2) is 22.6 Å². The summed E-state index contributed by atoms with van der Waals surface area (Å²) in [7, 11) is 0. The highest BCUT2D eigenvalue weighted by atomic mass is 16.4. The molecule has 0 atom stereocenters. The van der Waals surface area contributed by atoms with Gasteiger partial charge in [0, 0.05) is 5.54 Å². The first-order chi connectivity index (χ1) is 8.75. The van der Waals surface area contributed by atoms with Crippen LogP contribution in [0.4, 0.5) is 4.79 Å². The van der Waals surface area contributed by atoms with Gasteiger partial charge in [-0.15, -0.1) is 0 Å². The molecule has 6 heteroatoms. The number of furan rings is 1. The van der Waals surface area contributed by atoms with Crippen molar-refractivity contribution in [2.45, 2.75) is 46.2 Å². The van der Waals surface area contributed by atoms with E-state index in [2.05, 4.69) is 10.6 Å². The molecule has 0 aliphatic carbocycles. The Morgan fingerprint density at radius 3 is 2.53 bits per heavy atom. The Bertz CT molecular complexity index is 477. The SMILES string of the molecule is CCC(C)(C)NC(=O)NCc1cc(C(=O)O)c(C)o1. The van der Waals surface area contributed by atoms with Crippen molar-refractivity contribution in [2.75, 3.05) is 0 Å². The van der Waals surface area contributed by atoms with Crippen LogP contribution >= 0.6 is 0 Å². The van der Waals surface area contributed by atoms with E-state index in [-0.39, 0.29) is 23.7 Å². The fourth-order valence-corrected chi connectivity index (χ4v) is 1.45. The molecule has 0 spiro atoms. The molecule has 0 aliphatic rings. The van der Waals surface area contributed by atoms with Gasteiger partial charge in [-0.25, -0.2) is 9.59 Å². The van der Waals surface area contributed by atoms with Gasteiger partial charge in [0.2, 0.25) is 0 Å². The summed E-state index contributed by atoms with van der Waals surface area (Å²) in [5.41, 5.74) is -0.166. The molecule has 0 aliphatic heterocycles. The predicted molar refractivity (Wildman–Crippen MR) is 70.1 cm³/mol. The van der Waals surface area contributed by atoms with Crippen LogP contribution in [0.1, 0.15) is 49.1 Å². The largest absolute Gasteiger partial charge is 0.478 e.